The molecule has 0 aliphatic carbocycles. The maximum atomic E-state index is 12.2. The molecular formula is C20H32IN5O4. The first-order valence-electron chi connectivity index (χ1n) is 9.96. The Labute approximate surface area is 195 Å². The van der Waals surface area contributed by atoms with Gasteiger partial charge in [0.2, 0.25) is 0 Å². The molecule has 0 aromatic heterocycles. The Morgan fingerprint density at radius 3 is 2.43 bits per heavy atom. The summed E-state index contributed by atoms with van der Waals surface area (Å²) in [6.45, 7) is 8.36. The normalized spacial score (nSPS) is 13.9. The third kappa shape index (κ3) is 7.88. The second kappa shape index (κ2) is 13.9. The van der Waals surface area contributed by atoms with Gasteiger partial charge in [-0.25, -0.2) is 4.79 Å². The first kappa shape index (κ1) is 25.8. The van der Waals surface area contributed by atoms with Crippen LogP contribution in [-0.4, -0.2) is 87.3 Å². The van der Waals surface area contributed by atoms with Crippen LogP contribution < -0.4 is 15.4 Å². The summed E-state index contributed by atoms with van der Waals surface area (Å²) in [7, 11) is 1.57. The van der Waals surface area contributed by atoms with Crippen molar-refractivity contribution in [2.75, 3.05) is 59.5 Å². The van der Waals surface area contributed by atoms with E-state index in [1.807, 2.05) is 6.92 Å². The van der Waals surface area contributed by atoms with Crippen molar-refractivity contribution in [2.24, 2.45) is 4.99 Å². The molecule has 1 fully saturated rings. The molecule has 2 amide bonds. The van der Waals surface area contributed by atoms with Crippen LogP contribution in [0.3, 0.4) is 0 Å². The topological polar surface area (TPSA) is 95.5 Å². The number of ether oxygens (including phenoxy) is 2. The lowest BCUT2D eigenvalue weighted by Gasteiger charge is -2.35. The number of halogens is 1. The van der Waals surface area contributed by atoms with Gasteiger partial charge in [0.1, 0.15) is 5.75 Å². The molecule has 2 N–H and O–H groups in total. The molecule has 10 heteroatoms. The fourth-order valence-electron chi connectivity index (χ4n) is 2.94. The Bertz CT molecular complexity index is 708. The van der Waals surface area contributed by atoms with Crippen LogP contribution >= 0.6 is 24.0 Å². The van der Waals surface area contributed by atoms with E-state index in [0.717, 1.165) is 12.5 Å². The van der Waals surface area contributed by atoms with Crippen molar-refractivity contribution >= 4 is 41.9 Å². The third-order valence-corrected chi connectivity index (χ3v) is 4.43. The van der Waals surface area contributed by atoms with Gasteiger partial charge in [-0.05, 0) is 32.0 Å². The number of carbonyl (C=O) groups excluding carboxylic acids is 2. The first-order chi connectivity index (χ1) is 14.1. The molecule has 1 aliphatic heterocycles. The number of nitrogens with zero attached hydrogens (tertiary/aromatic N) is 3. The lowest BCUT2D eigenvalue weighted by Crippen LogP contribution is -2.54. The van der Waals surface area contributed by atoms with Gasteiger partial charge in [0.15, 0.2) is 5.96 Å². The van der Waals surface area contributed by atoms with Crippen LogP contribution in [0.5, 0.6) is 5.75 Å². The summed E-state index contributed by atoms with van der Waals surface area (Å²) in [5.41, 5.74) is 0.551. The molecule has 0 atom stereocenters. The first-order valence-corrected chi connectivity index (χ1v) is 9.96. The second-order valence-corrected chi connectivity index (χ2v) is 6.40. The number of carbonyl (C=O) groups is 2. The van der Waals surface area contributed by atoms with E-state index < -0.39 is 0 Å². The zero-order valence-corrected chi connectivity index (χ0v) is 20.2. The van der Waals surface area contributed by atoms with Gasteiger partial charge >= 0.3 is 6.09 Å². The van der Waals surface area contributed by atoms with Crippen LogP contribution in [0.15, 0.2) is 29.3 Å². The van der Waals surface area contributed by atoms with Gasteiger partial charge < -0.3 is 29.9 Å². The number of benzene rings is 1. The zero-order valence-electron chi connectivity index (χ0n) is 17.8. The van der Waals surface area contributed by atoms with E-state index in [0.29, 0.717) is 57.2 Å². The van der Waals surface area contributed by atoms with Crippen molar-refractivity contribution in [1.29, 1.82) is 0 Å². The third-order valence-electron chi connectivity index (χ3n) is 4.43. The molecule has 2 rings (SSSR count). The fourth-order valence-corrected chi connectivity index (χ4v) is 2.94. The van der Waals surface area contributed by atoms with Crippen molar-refractivity contribution in [1.82, 2.24) is 20.4 Å². The SMILES string of the molecule is CCNC(=NCCNC(=O)c1cccc(OC)c1)N1CCN(C(=O)OCC)CC1.I. The number of methoxy groups -OCH3 is 1. The predicted octanol–water partition coefficient (Wildman–Crippen LogP) is 1.78. The summed E-state index contributed by atoms with van der Waals surface area (Å²) in [5.74, 6) is 1.27. The molecule has 0 radical (unpaired) electrons. The molecule has 30 heavy (non-hydrogen) atoms. The highest BCUT2D eigenvalue weighted by Crippen LogP contribution is 2.12. The van der Waals surface area contributed by atoms with Gasteiger partial charge in [-0.1, -0.05) is 6.07 Å². The number of hydrogen-bond acceptors (Lipinski definition) is 5. The largest absolute Gasteiger partial charge is 0.497 e. The van der Waals surface area contributed by atoms with Crippen molar-refractivity contribution < 1.29 is 19.1 Å². The van der Waals surface area contributed by atoms with Gasteiger partial charge in [0.05, 0.1) is 20.3 Å². The second-order valence-electron chi connectivity index (χ2n) is 6.40. The van der Waals surface area contributed by atoms with E-state index in [1.165, 1.54) is 0 Å². The zero-order chi connectivity index (χ0) is 21.1. The highest BCUT2D eigenvalue weighted by molar-refractivity contribution is 14.0. The highest BCUT2D eigenvalue weighted by Gasteiger charge is 2.23. The monoisotopic (exact) mass is 533 g/mol. The average molecular weight is 533 g/mol. The van der Waals surface area contributed by atoms with Crippen LogP contribution in [0.1, 0.15) is 24.2 Å². The summed E-state index contributed by atoms with van der Waals surface area (Å²) >= 11 is 0. The Kier molecular flexibility index (Phi) is 11.9. The van der Waals surface area contributed by atoms with Gasteiger partial charge in [-0.15, -0.1) is 24.0 Å². The number of hydrogen-bond donors (Lipinski definition) is 2. The van der Waals surface area contributed by atoms with Crippen LogP contribution in [0, 0.1) is 0 Å². The molecule has 9 nitrogen and oxygen atoms in total. The molecule has 1 aliphatic rings. The minimum atomic E-state index is -0.269. The smallest absolute Gasteiger partial charge is 0.409 e. The van der Waals surface area contributed by atoms with Crippen molar-refractivity contribution in [2.45, 2.75) is 13.8 Å². The molecule has 1 aromatic rings. The van der Waals surface area contributed by atoms with Crippen molar-refractivity contribution in [3.05, 3.63) is 29.8 Å². The number of rotatable bonds is 7. The van der Waals surface area contributed by atoms with Crippen molar-refractivity contribution in [3.8, 4) is 5.75 Å². The minimum absolute atomic E-state index is 0. The average Bonchev–Trinajstić information content (AvgIpc) is 2.76. The van der Waals surface area contributed by atoms with E-state index in [9.17, 15) is 9.59 Å². The summed E-state index contributed by atoms with van der Waals surface area (Å²) in [6.07, 6.45) is -0.269. The molecule has 0 bridgehead atoms. The molecule has 0 unspecified atom stereocenters. The van der Waals surface area contributed by atoms with E-state index in [4.69, 9.17) is 9.47 Å². The number of amides is 2. The minimum Gasteiger partial charge on any atom is -0.497 e. The molecule has 0 saturated carbocycles. The molecule has 168 valence electrons. The number of aliphatic imine (C=N–C) groups is 1. The Balaban J connectivity index is 0.00000450. The maximum Gasteiger partial charge on any atom is 0.409 e. The molecule has 1 heterocycles. The van der Waals surface area contributed by atoms with Gasteiger partial charge in [0.25, 0.3) is 5.91 Å². The quantitative estimate of drug-likeness (QED) is 0.240. The standard InChI is InChI=1S/C20H31N5O4.HI/c1-4-21-19(24-11-13-25(14-12-24)20(27)29-5-2)23-10-9-22-18(26)16-7-6-8-17(15-16)28-3;/h6-8,15H,4-5,9-14H2,1-3H3,(H,21,23)(H,22,26);1H. The predicted molar refractivity (Wildman–Crippen MR) is 127 cm³/mol. The molecule has 1 aromatic carbocycles. The van der Waals surface area contributed by atoms with Gasteiger partial charge in [0, 0.05) is 44.8 Å². The molecular weight excluding hydrogens is 501 g/mol. The van der Waals surface area contributed by atoms with Crippen LogP contribution in [0.4, 0.5) is 4.79 Å². The van der Waals surface area contributed by atoms with E-state index in [2.05, 4.69) is 20.5 Å². The lowest BCUT2D eigenvalue weighted by atomic mass is 10.2. The lowest BCUT2D eigenvalue weighted by molar-refractivity contribution is 0.0914. The van der Waals surface area contributed by atoms with Crippen molar-refractivity contribution in [3.63, 3.8) is 0 Å². The molecule has 0 spiro atoms. The number of piperazine rings is 1. The number of nitrogens with one attached hydrogen (secondary N) is 2. The summed E-state index contributed by atoms with van der Waals surface area (Å²) < 4.78 is 10.2. The Hall–Kier alpha value is -2.24. The summed E-state index contributed by atoms with van der Waals surface area (Å²) in [4.78, 5) is 32.5. The summed E-state index contributed by atoms with van der Waals surface area (Å²) in [5, 5.41) is 6.14. The number of guanidine groups is 1. The van der Waals surface area contributed by atoms with Crippen LogP contribution in [0.2, 0.25) is 0 Å². The van der Waals surface area contributed by atoms with E-state index >= 15 is 0 Å². The molecule has 1 saturated heterocycles. The van der Waals surface area contributed by atoms with E-state index in [-0.39, 0.29) is 36.0 Å². The Morgan fingerprint density at radius 1 is 1.10 bits per heavy atom. The van der Waals surface area contributed by atoms with Gasteiger partial charge in [-0.2, -0.15) is 0 Å². The van der Waals surface area contributed by atoms with Crippen LogP contribution in [-0.2, 0) is 4.74 Å². The van der Waals surface area contributed by atoms with Gasteiger partial charge in [-0.3, -0.25) is 9.79 Å². The fraction of sp³-hybridized carbons (Fsp3) is 0.550. The maximum absolute atomic E-state index is 12.2. The van der Waals surface area contributed by atoms with E-state index in [1.54, 1.807) is 43.2 Å². The summed E-state index contributed by atoms with van der Waals surface area (Å²) in [6, 6.07) is 7.02. The van der Waals surface area contributed by atoms with Crippen LogP contribution in [0.25, 0.3) is 0 Å². The Morgan fingerprint density at radius 2 is 1.80 bits per heavy atom. The highest BCUT2D eigenvalue weighted by atomic mass is 127.